The lowest BCUT2D eigenvalue weighted by Crippen LogP contribution is -2.47. The van der Waals surface area contributed by atoms with Gasteiger partial charge in [-0.3, -0.25) is 19.3 Å². The van der Waals surface area contributed by atoms with Gasteiger partial charge in [-0.25, -0.2) is 4.90 Å². The highest BCUT2D eigenvalue weighted by molar-refractivity contribution is 7.13. The third-order valence-corrected chi connectivity index (χ3v) is 8.07. The number of ether oxygens (including phenoxy) is 1. The quantitative estimate of drug-likeness (QED) is 0.365. The summed E-state index contributed by atoms with van der Waals surface area (Å²) in [6.45, 7) is 6.55. The molecule has 3 heterocycles. The number of anilines is 2. The smallest absolute Gasteiger partial charge is 0.306 e. The number of carbonyl (C=O) groups excluding carboxylic acids is 3. The number of aromatic nitrogens is 1. The van der Waals surface area contributed by atoms with Crippen LogP contribution in [0.5, 0.6) is 0 Å². The van der Waals surface area contributed by atoms with E-state index in [1.807, 2.05) is 12.1 Å². The van der Waals surface area contributed by atoms with Gasteiger partial charge in [0.2, 0.25) is 11.8 Å². The molecule has 1 aromatic heterocycles. The molecule has 0 spiro atoms. The van der Waals surface area contributed by atoms with E-state index in [4.69, 9.17) is 16.3 Å². The number of halogens is 2. The van der Waals surface area contributed by atoms with Crippen LogP contribution in [0, 0.1) is 0 Å². The van der Waals surface area contributed by atoms with Gasteiger partial charge >= 0.3 is 5.97 Å². The summed E-state index contributed by atoms with van der Waals surface area (Å²) in [5.41, 5.74) is 2.30. The Morgan fingerprint density at radius 1 is 1.11 bits per heavy atom. The van der Waals surface area contributed by atoms with E-state index in [0.717, 1.165) is 61.0 Å². The molecular weight excluding hydrogens is 547 g/mol. The Bertz CT molecular complexity index is 1340. The average Bonchev–Trinajstić information content (AvgIpc) is 3.46. The first-order valence-electron chi connectivity index (χ1n) is 12.6. The fraction of sp³-hybridized carbons (Fsp3) is 0.407. The first-order valence-corrected chi connectivity index (χ1v) is 13.7. The Labute approximate surface area is 237 Å². The molecule has 202 valence electrons. The highest BCUT2D eigenvalue weighted by Crippen LogP contribution is 2.35. The second-order valence-corrected chi connectivity index (χ2v) is 10.5. The second-order valence-electron chi connectivity index (χ2n) is 9.26. The molecule has 5 rings (SSSR count). The lowest BCUT2D eigenvalue weighted by Gasteiger charge is -2.35. The predicted molar refractivity (Wildman–Crippen MR) is 153 cm³/mol. The average molecular weight is 578 g/mol. The van der Waals surface area contributed by atoms with E-state index in [9.17, 15) is 14.4 Å². The van der Waals surface area contributed by atoms with Gasteiger partial charge in [0.15, 0.2) is 0 Å². The highest BCUT2D eigenvalue weighted by Gasteiger charge is 2.33. The van der Waals surface area contributed by atoms with Crippen LogP contribution in [0.2, 0.25) is 5.02 Å². The van der Waals surface area contributed by atoms with Crippen molar-refractivity contribution in [1.29, 1.82) is 0 Å². The minimum Gasteiger partial charge on any atom is -0.466 e. The highest BCUT2D eigenvalue weighted by atomic mass is 35.5. The molecule has 11 heteroatoms. The minimum absolute atomic E-state index is 0. The molecule has 1 fully saturated rings. The van der Waals surface area contributed by atoms with Crippen molar-refractivity contribution in [2.45, 2.75) is 32.6 Å². The zero-order chi connectivity index (χ0) is 25.9. The Morgan fingerprint density at radius 3 is 2.63 bits per heavy atom. The Morgan fingerprint density at radius 2 is 1.87 bits per heavy atom. The maximum atomic E-state index is 12.7. The summed E-state index contributed by atoms with van der Waals surface area (Å²) in [7, 11) is 0. The summed E-state index contributed by atoms with van der Waals surface area (Å²) in [5, 5.41) is 1.76. The van der Waals surface area contributed by atoms with Crippen LogP contribution in [0.4, 0.5) is 11.5 Å². The van der Waals surface area contributed by atoms with Gasteiger partial charge in [-0.1, -0.05) is 29.8 Å². The molecule has 0 aliphatic carbocycles. The monoisotopic (exact) mass is 576 g/mol. The van der Waals surface area contributed by atoms with E-state index in [-0.39, 0.29) is 44.2 Å². The van der Waals surface area contributed by atoms with Crippen molar-refractivity contribution in [2.24, 2.45) is 0 Å². The van der Waals surface area contributed by atoms with Gasteiger partial charge in [0.05, 0.1) is 29.8 Å². The second kappa shape index (κ2) is 12.4. The van der Waals surface area contributed by atoms with Gasteiger partial charge in [-0.2, -0.15) is 4.37 Å². The molecule has 0 radical (unpaired) electrons. The van der Waals surface area contributed by atoms with Crippen molar-refractivity contribution in [3.05, 3.63) is 52.5 Å². The molecule has 2 aliphatic rings. The Hall–Kier alpha value is -2.72. The first kappa shape index (κ1) is 28.3. The number of imide groups is 1. The predicted octanol–water partition coefficient (Wildman–Crippen LogP) is 4.50. The number of amides is 2. The fourth-order valence-corrected chi connectivity index (χ4v) is 6.01. The van der Waals surface area contributed by atoms with Crippen molar-refractivity contribution < 1.29 is 19.1 Å². The largest absolute Gasteiger partial charge is 0.466 e. The number of hydrogen-bond donors (Lipinski definition) is 0. The molecule has 0 N–H and O–H groups in total. The zero-order valence-corrected chi connectivity index (χ0v) is 23.5. The number of rotatable bonds is 8. The molecule has 8 nitrogen and oxygen atoms in total. The molecule has 38 heavy (non-hydrogen) atoms. The molecule has 2 aromatic carbocycles. The summed E-state index contributed by atoms with van der Waals surface area (Å²) in [6.07, 6.45) is 0.789. The van der Waals surface area contributed by atoms with Crippen molar-refractivity contribution in [1.82, 2.24) is 9.27 Å². The van der Waals surface area contributed by atoms with Crippen molar-refractivity contribution >= 4 is 74.9 Å². The number of piperazine rings is 1. The summed E-state index contributed by atoms with van der Waals surface area (Å²) in [5.74, 6) is -0.0704. The standard InChI is InChI=1S/C27H29ClN4O4S.ClH/c1-2-36-26(35)8-7-24(33)32-22-17-21(28)18(15-19(22)16-25(32)34)9-10-30-11-13-31(14-12-30)27-20-5-3-4-6-23(20)37-29-27;/h3-6,15,17H,2,7-14,16H2,1H3;1H. The van der Waals surface area contributed by atoms with E-state index in [0.29, 0.717) is 10.7 Å². The van der Waals surface area contributed by atoms with E-state index in [2.05, 4.69) is 32.4 Å². The Balaban J connectivity index is 0.00000336. The molecule has 1 saturated heterocycles. The van der Waals surface area contributed by atoms with E-state index in [1.54, 1.807) is 24.5 Å². The number of hydrogen-bond acceptors (Lipinski definition) is 8. The summed E-state index contributed by atoms with van der Waals surface area (Å²) in [6, 6.07) is 12.0. The number of carbonyl (C=O) groups is 3. The van der Waals surface area contributed by atoms with Crippen LogP contribution in [-0.2, 0) is 32.0 Å². The molecule has 0 atom stereocenters. The SMILES string of the molecule is CCOC(=O)CCC(=O)N1C(=O)Cc2cc(CCN3CCN(c4nsc5ccccc45)CC3)c(Cl)cc21.Cl. The van der Waals surface area contributed by atoms with Gasteiger partial charge in [0.25, 0.3) is 0 Å². The lowest BCUT2D eigenvalue weighted by atomic mass is 10.0. The van der Waals surface area contributed by atoms with Crippen molar-refractivity contribution in [3.8, 4) is 0 Å². The van der Waals surface area contributed by atoms with Crippen LogP contribution < -0.4 is 9.80 Å². The summed E-state index contributed by atoms with van der Waals surface area (Å²) < 4.78 is 10.8. The molecular formula is C27H30Cl2N4O4S. The topological polar surface area (TPSA) is 83.0 Å². The van der Waals surface area contributed by atoms with Crippen LogP contribution in [0.15, 0.2) is 36.4 Å². The molecule has 3 aromatic rings. The van der Waals surface area contributed by atoms with Crippen LogP contribution in [-0.4, -0.2) is 66.4 Å². The molecule has 0 bridgehead atoms. The molecule has 2 aliphatic heterocycles. The van der Waals surface area contributed by atoms with Crippen molar-refractivity contribution in [3.63, 3.8) is 0 Å². The zero-order valence-electron chi connectivity index (χ0n) is 21.2. The molecule has 2 amide bonds. The summed E-state index contributed by atoms with van der Waals surface area (Å²) in [4.78, 5) is 42.8. The van der Waals surface area contributed by atoms with Gasteiger partial charge < -0.3 is 9.64 Å². The first-order chi connectivity index (χ1) is 17.9. The van der Waals surface area contributed by atoms with Crippen LogP contribution in [0.25, 0.3) is 10.1 Å². The van der Waals surface area contributed by atoms with E-state index < -0.39 is 11.9 Å². The fourth-order valence-electron chi connectivity index (χ4n) is 4.97. The van der Waals surface area contributed by atoms with Crippen LogP contribution >= 0.6 is 35.5 Å². The van der Waals surface area contributed by atoms with Gasteiger partial charge in [0.1, 0.15) is 5.82 Å². The maximum absolute atomic E-state index is 12.7. The minimum atomic E-state index is -0.447. The molecule has 0 saturated carbocycles. The lowest BCUT2D eigenvalue weighted by molar-refractivity contribution is -0.144. The van der Waals surface area contributed by atoms with E-state index >= 15 is 0 Å². The third kappa shape index (κ3) is 5.96. The van der Waals surface area contributed by atoms with Gasteiger partial charge in [-0.15, -0.1) is 12.4 Å². The number of nitrogens with zero attached hydrogens (tertiary/aromatic N) is 4. The van der Waals surface area contributed by atoms with Gasteiger partial charge in [-0.05, 0) is 54.2 Å². The number of esters is 1. The summed E-state index contributed by atoms with van der Waals surface area (Å²) >= 11 is 8.15. The van der Waals surface area contributed by atoms with Crippen molar-refractivity contribution in [2.75, 3.05) is 49.1 Å². The van der Waals surface area contributed by atoms with Crippen LogP contribution in [0.3, 0.4) is 0 Å². The van der Waals surface area contributed by atoms with E-state index in [1.165, 1.54) is 10.1 Å². The number of benzene rings is 2. The number of fused-ring (bicyclic) bond motifs is 2. The van der Waals surface area contributed by atoms with Gasteiger partial charge in [0, 0.05) is 49.6 Å². The van der Waals surface area contributed by atoms with Crippen LogP contribution in [0.1, 0.15) is 30.9 Å². The Kier molecular flexibility index (Phi) is 9.25. The normalized spacial score (nSPS) is 15.5. The third-order valence-electron chi connectivity index (χ3n) is 6.90. The maximum Gasteiger partial charge on any atom is 0.306 e. The molecule has 0 unspecified atom stereocenters.